The van der Waals surface area contributed by atoms with Gasteiger partial charge in [0.15, 0.2) is 0 Å². The lowest BCUT2D eigenvalue weighted by Gasteiger charge is -2.50. The molecule has 0 aromatic heterocycles. The Morgan fingerprint density at radius 1 is 0.833 bits per heavy atom. The maximum atomic E-state index is 13.6. The van der Waals surface area contributed by atoms with Gasteiger partial charge >= 0.3 is 0 Å². The summed E-state index contributed by atoms with van der Waals surface area (Å²) in [6, 6.07) is 17.2. The van der Waals surface area contributed by atoms with Crippen molar-refractivity contribution in [2.24, 2.45) is 16.7 Å². The van der Waals surface area contributed by atoms with Gasteiger partial charge in [-0.3, -0.25) is 34.2 Å². The van der Waals surface area contributed by atoms with Crippen molar-refractivity contribution in [3.8, 4) is 0 Å². The van der Waals surface area contributed by atoms with Crippen molar-refractivity contribution in [1.82, 2.24) is 20.0 Å². The predicted octanol–water partition coefficient (Wildman–Crippen LogP) is 6.13. The van der Waals surface area contributed by atoms with E-state index in [2.05, 4.69) is 43.9 Å². The summed E-state index contributed by atoms with van der Waals surface area (Å²) < 4.78 is 0. The van der Waals surface area contributed by atoms with Crippen LogP contribution in [0, 0.1) is 23.3 Å². The van der Waals surface area contributed by atoms with Gasteiger partial charge in [-0.15, -0.1) is 0 Å². The molecule has 3 aromatic rings. The summed E-state index contributed by atoms with van der Waals surface area (Å²) in [6.07, 6.45) is 7.34. The van der Waals surface area contributed by atoms with E-state index in [1.807, 2.05) is 47.4 Å². The first-order valence-electron chi connectivity index (χ1n) is 21.6. The lowest BCUT2D eigenvalue weighted by atomic mass is 9.76. The van der Waals surface area contributed by atoms with Crippen LogP contribution in [0.3, 0.4) is 0 Å². The van der Waals surface area contributed by atoms with E-state index in [9.17, 15) is 24.0 Å². The molecule has 0 radical (unpaired) electrons. The van der Waals surface area contributed by atoms with Gasteiger partial charge in [0.25, 0.3) is 17.7 Å². The molecule has 12 nitrogen and oxygen atoms in total. The molecule has 10 rings (SSSR count). The number of hydrogen-bond acceptors (Lipinski definition) is 8. The quantitative estimate of drug-likeness (QED) is 0.233. The molecule has 2 atom stereocenters. The zero-order valence-electron chi connectivity index (χ0n) is 34.1. The van der Waals surface area contributed by atoms with Crippen LogP contribution in [0.15, 0.2) is 54.6 Å². The number of imide groups is 2. The molecule has 6 heterocycles. The smallest absolute Gasteiger partial charge is 0.262 e. The third-order valence-corrected chi connectivity index (χ3v) is 15.2. The predicted molar refractivity (Wildman–Crippen MR) is 227 cm³/mol. The Bertz CT molecular complexity index is 2310. The molecule has 0 saturated carbocycles. The van der Waals surface area contributed by atoms with E-state index in [0.717, 1.165) is 125 Å². The van der Waals surface area contributed by atoms with Crippen LogP contribution in [0.2, 0.25) is 5.02 Å². The molecule has 2 spiro atoms. The van der Waals surface area contributed by atoms with Gasteiger partial charge < -0.3 is 19.6 Å². The molecule has 5 fully saturated rings. The van der Waals surface area contributed by atoms with Gasteiger partial charge in [0.2, 0.25) is 17.5 Å². The fourth-order valence-electron chi connectivity index (χ4n) is 11.8. The van der Waals surface area contributed by atoms with Crippen molar-refractivity contribution in [1.29, 1.82) is 0 Å². The second-order valence-electron chi connectivity index (χ2n) is 18.8. The van der Waals surface area contributed by atoms with Gasteiger partial charge in [0.1, 0.15) is 6.04 Å². The molecule has 13 heteroatoms. The van der Waals surface area contributed by atoms with Crippen LogP contribution in [0.5, 0.6) is 0 Å². The van der Waals surface area contributed by atoms with E-state index in [1.165, 1.54) is 5.69 Å². The molecule has 5 saturated heterocycles. The van der Waals surface area contributed by atoms with Crippen LogP contribution < -0.4 is 15.1 Å². The fourth-order valence-corrected chi connectivity index (χ4v) is 12.0. The average molecular weight is 828 g/mol. The number of carbonyl (C=O) groups is 5. The third kappa shape index (κ3) is 6.74. The Kier molecular flexibility index (Phi) is 9.56. The number of halogens is 1. The number of amides is 5. The number of piperidine rings is 3. The molecule has 1 N–H and O–H groups in total. The zero-order valence-corrected chi connectivity index (χ0v) is 34.8. The third-order valence-electron chi connectivity index (χ3n) is 14.9. The number of rotatable bonds is 6. The second kappa shape index (κ2) is 14.7. The first-order valence-corrected chi connectivity index (χ1v) is 22.0. The van der Waals surface area contributed by atoms with Crippen LogP contribution in [-0.4, -0.2) is 109 Å². The Balaban J connectivity index is 0.676. The van der Waals surface area contributed by atoms with Crippen molar-refractivity contribution < 1.29 is 24.0 Å². The topological polar surface area (TPSA) is 118 Å². The molecule has 1 aliphatic carbocycles. The molecule has 3 aromatic carbocycles. The summed E-state index contributed by atoms with van der Waals surface area (Å²) in [6.45, 7) is 17.1. The number of nitrogens with zero attached hydrogens (tertiary/aromatic N) is 6. The average Bonchev–Trinajstić information content (AvgIpc) is 3.85. The number of benzene rings is 3. The highest BCUT2D eigenvalue weighted by Gasteiger charge is 2.50. The van der Waals surface area contributed by atoms with Crippen LogP contribution in [0.25, 0.3) is 4.85 Å². The molecule has 310 valence electrons. The minimum atomic E-state index is -0.952. The maximum absolute atomic E-state index is 13.6. The van der Waals surface area contributed by atoms with Gasteiger partial charge in [-0.05, 0) is 129 Å². The largest absolute Gasteiger partial charge is 0.371 e. The van der Waals surface area contributed by atoms with Crippen molar-refractivity contribution in [3.05, 3.63) is 98.9 Å². The first-order chi connectivity index (χ1) is 28.9. The van der Waals surface area contributed by atoms with E-state index in [-0.39, 0.29) is 35.5 Å². The first kappa shape index (κ1) is 38.9. The Morgan fingerprint density at radius 3 is 2.10 bits per heavy atom. The standard InChI is InChI=1S/C47H50ClN7O5/c1-29-22-46(28-54(29)35-7-8-39(49-2)38(48)21-35)13-17-52(18-14-46)34-5-3-31(4-6-34)43(58)53-15-11-30(12-16-53)25-51-26-47(27-51)23-32-19-36-37(20-33(32)24-47)45(60)55(44(36)59)40-9-10-41(56)50-42(40)57/h3-8,19-21,29-30,40H,9-18,22-28H2,1H3,(H,50,56,57)/t29-,40?/m0/s1. The van der Waals surface area contributed by atoms with Crippen molar-refractivity contribution >= 4 is 58.2 Å². The Labute approximate surface area is 355 Å². The van der Waals surface area contributed by atoms with Crippen LogP contribution >= 0.6 is 11.6 Å². The summed E-state index contributed by atoms with van der Waals surface area (Å²) in [5, 5.41) is 2.78. The minimum Gasteiger partial charge on any atom is -0.371 e. The Morgan fingerprint density at radius 2 is 1.48 bits per heavy atom. The molecule has 7 aliphatic rings. The van der Waals surface area contributed by atoms with Crippen molar-refractivity contribution in [2.75, 3.05) is 62.2 Å². The maximum Gasteiger partial charge on any atom is 0.262 e. The number of carbonyl (C=O) groups excluding carboxylic acids is 5. The summed E-state index contributed by atoms with van der Waals surface area (Å²) in [7, 11) is 0. The molecule has 5 amide bonds. The van der Waals surface area contributed by atoms with Crippen molar-refractivity contribution in [3.63, 3.8) is 0 Å². The zero-order chi connectivity index (χ0) is 41.5. The molecule has 6 aliphatic heterocycles. The number of anilines is 2. The van der Waals surface area contributed by atoms with E-state index >= 15 is 0 Å². The van der Waals surface area contributed by atoms with E-state index in [1.54, 1.807) is 0 Å². The molecular weight excluding hydrogens is 778 g/mol. The molecule has 60 heavy (non-hydrogen) atoms. The van der Waals surface area contributed by atoms with E-state index in [4.69, 9.17) is 18.2 Å². The number of likely N-dealkylation sites (tertiary alicyclic amines) is 2. The van der Waals surface area contributed by atoms with Gasteiger partial charge in [-0.1, -0.05) is 17.7 Å². The summed E-state index contributed by atoms with van der Waals surface area (Å²) in [5.74, 6) is -1.22. The normalized spacial score (nSPS) is 24.8. The number of nitrogens with one attached hydrogen (secondary N) is 1. The van der Waals surface area contributed by atoms with Crippen LogP contribution in [-0.2, 0) is 22.4 Å². The fraction of sp³-hybridized carbons (Fsp3) is 0.489. The van der Waals surface area contributed by atoms with E-state index in [0.29, 0.717) is 33.8 Å². The molecular formula is C47H50ClN7O5. The van der Waals surface area contributed by atoms with Gasteiger partial charge in [0, 0.05) is 92.2 Å². The SMILES string of the molecule is [C-]#[N+]c1ccc(N2CC3(CCN(c4ccc(C(=O)N5CCC(CN6CC7(Cc8cc9c(cc8C7)C(=O)N(C7CCC(=O)NC7=O)C9=O)C6)CC5)cc4)CC3)C[C@@H]2C)cc1Cl. The highest BCUT2D eigenvalue weighted by Crippen LogP contribution is 2.48. The number of fused-ring (bicyclic) bond motifs is 2. The number of hydrogen-bond donors (Lipinski definition) is 1. The van der Waals surface area contributed by atoms with Gasteiger partial charge in [-0.25, -0.2) is 4.85 Å². The summed E-state index contributed by atoms with van der Waals surface area (Å²) in [5.41, 5.74) is 6.85. The minimum absolute atomic E-state index is 0.105. The highest BCUT2D eigenvalue weighted by molar-refractivity contribution is 6.33. The highest BCUT2D eigenvalue weighted by atomic mass is 35.5. The second-order valence-corrected chi connectivity index (χ2v) is 19.2. The van der Waals surface area contributed by atoms with Crippen molar-refractivity contribution in [2.45, 2.75) is 76.8 Å². The van der Waals surface area contributed by atoms with Gasteiger partial charge in [-0.2, -0.15) is 0 Å². The van der Waals surface area contributed by atoms with Gasteiger partial charge in [0.05, 0.1) is 17.7 Å². The monoisotopic (exact) mass is 827 g/mol. The lowest BCUT2D eigenvalue weighted by molar-refractivity contribution is -0.136. The van der Waals surface area contributed by atoms with E-state index < -0.39 is 23.8 Å². The molecule has 1 unspecified atom stereocenters. The lowest BCUT2D eigenvalue weighted by Crippen LogP contribution is -2.58. The summed E-state index contributed by atoms with van der Waals surface area (Å²) in [4.78, 5) is 78.5. The van der Waals surface area contributed by atoms with Crippen LogP contribution in [0.4, 0.5) is 17.1 Å². The summed E-state index contributed by atoms with van der Waals surface area (Å²) >= 11 is 6.39. The Hall–Kier alpha value is -5.25. The van der Waals surface area contributed by atoms with Crippen LogP contribution in [0.1, 0.15) is 94.1 Å². The molecule has 0 bridgehead atoms.